The molecule has 2 atom stereocenters. The Morgan fingerprint density at radius 2 is 2.46 bits per heavy atom. The Morgan fingerprint density at radius 3 is 2.92 bits per heavy atom. The first kappa shape index (κ1) is 9.98. The van der Waals surface area contributed by atoms with Crippen LogP contribution in [0.15, 0.2) is 0 Å². The van der Waals surface area contributed by atoms with Crippen molar-refractivity contribution in [3.8, 4) is 0 Å². The second-order valence-corrected chi connectivity index (χ2v) is 2.81. The van der Waals surface area contributed by atoms with E-state index in [1.807, 2.05) is 0 Å². The van der Waals surface area contributed by atoms with Crippen LogP contribution in [0.5, 0.6) is 0 Å². The van der Waals surface area contributed by atoms with Gasteiger partial charge in [-0.3, -0.25) is 9.59 Å². The summed E-state index contributed by atoms with van der Waals surface area (Å²) in [5.41, 5.74) is 0. The van der Waals surface area contributed by atoms with Gasteiger partial charge in [-0.2, -0.15) is 0 Å². The fourth-order valence-corrected chi connectivity index (χ4v) is 1.16. The zero-order valence-corrected chi connectivity index (χ0v) is 7.36. The topological polar surface area (TPSA) is 72.8 Å². The van der Waals surface area contributed by atoms with E-state index in [1.165, 1.54) is 0 Å². The van der Waals surface area contributed by atoms with Crippen molar-refractivity contribution >= 4 is 11.9 Å². The lowest BCUT2D eigenvalue weighted by Gasteiger charge is -2.11. The minimum atomic E-state index is -0.878. The number of esters is 2. The Morgan fingerprint density at radius 1 is 1.77 bits per heavy atom. The Hall–Kier alpha value is -1.10. The Kier molecular flexibility index (Phi) is 3.25. The number of ether oxygens (including phenoxy) is 2. The summed E-state index contributed by atoms with van der Waals surface area (Å²) in [7, 11) is 0. The van der Waals surface area contributed by atoms with E-state index in [0.29, 0.717) is 0 Å². The molecular weight excluding hydrogens is 176 g/mol. The maximum absolute atomic E-state index is 10.9. The Bertz CT molecular complexity index is 213. The number of hydrogen-bond acceptors (Lipinski definition) is 5. The normalized spacial score (nSPS) is 27.1. The molecule has 1 rings (SSSR count). The maximum Gasteiger partial charge on any atom is 0.309 e. The van der Waals surface area contributed by atoms with E-state index in [9.17, 15) is 14.7 Å². The number of hydrogen-bond donors (Lipinski definition) is 1. The summed E-state index contributed by atoms with van der Waals surface area (Å²) in [6.45, 7) is 1.98. The van der Waals surface area contributed by atoms with Gasteiger partial charge in [-0.15, -0.1) is 0 Å². The van der Waals surface area contributed by atoms with Gasteiger partial charge in [0.05, 0.1) is 19.4 Å². The monoisotopic (exact) mass is 188 g/mol. The van der Waals surface area contributed by atoms with Gasteiger partial charge in [0.2, 0.25) is 0 Å². The van der Waals surface area contributed by atoms with E-state index >= 15 is 0 Å². The third-order valence-electron chi connectivity index (χ3n) is 1.76. The lowest BCUT2D eigenvalue weighted by molar-refractivity contribution is -0.150. The zero-order chi connectivity index (χ0) is 9.84. The van der Waals surface area contributed by atoms with E-state index < -0.39 is 24.1 Å². The van der Waals surface area contributed by atoms with E-state index in [2.05, 4.69) is 4.74 Å². The van der Waals surface area contributed by atoms with Crippen molar-refractivity contribution in [1.82, 2.24) is 0 Å². The van der Waals surface area contributed by atoms with E-state index in [0.717, 1.165) is 0 Å². The van der Waals surface area contributed by atoms with Crippen molar-refractivity contribution in [3.63, 3.8) is 0 Å². The molecule has 13 heavy (non-hydrogen) atoms. The minimum absolute atomic E-state index is 0.0376. The van der Waals surface area contributed by atoms with Crippen molar-refractivity contribution in [3.05, 3.63) is 0 Å². The van der Waals surface area contributed by atoms with Crippen LogP contribution in [0, 0.1) is 0 Å². The first-order chi connectivity index (χ1) is 6.13. The van der Waals surface area contributed by atoms with Gasteiger partial charge in [0, 0.05) is 0 Å². The molecule has 1 heterocycles. The number of carbonyl (C=O) groups is 2. The second-order valence-electron chi connectivity index (χ2n) is 2.81. The smallest absolute Gasteiger partial charge is 0.309 e. The van der Waals surface area contributed by atoms with Crippen molar-refractivity contribution < 1.29 is 24.2 Å². The number of cyclic esters (lactones) is 1. The van der Waals surface area contributed by atoms with E-state index in [4.69, 9.17) is 4.74 Å². The average molecular weight is 188 g/mol. The van der Waals surface area contributed by atoms with E-state index in [1.54, 1.807) is 6.92 Å². The molecular formula is C8H12O5. The van der Waals surface area contributed by atoms with Crippen molar-refractivity contribution in [2.75, 3.05) is 6.61 Å². The van der Waals surface area contributed by atoms with Crippen LogP contribution in [-0.2, 0) is 19.1 Å². The number of rotatable bonds is 3. The summed E-state index contributed by atoms with van der Waals surface area (Å²) < 4.78 is 9.35. The quantitative estimate of drug-likeness (QED) is 0.611. The lowest BCUT2D eigenvalue weighted by Crippen LogP contribution is -2.25. The summed E-state index contributed by atoms with van der Waals surface area (Å²) in [5, 5.41) is 9.22. The highest BCUT2D eigenvalue weighted by Crippen LogP contribution is 2.18. The first-order valence-corrected chi connectivity index (χ1v) is 4.16. The Labute approximate surface area is 75.6 Å². The average Bonchev–Trinajstić information content (AvgIpc) is 2.30. The summed E-state index contributed by atoms with van der Waals surface area (Å²) in [6.07, 6.45) is -1.71. The van der Waals surface area contributed by atoms with Crippen LogP contribution in [0.3, 0.4) is 0 Å². The summed E-state index contributed by atoms with van der Waals surface area (Å²) >= 11 is 0. The molecule has 0 aromatic rings. The number of aliphatic hydroxyl groups is 1. The molecule has 0 radical (unpaired) electrons. The summed E-state index contributed by atoms with van der Waals surface area (Å²) in [5.74, 6) is -0.928. The SMILES string of the molecule is CCOC(=O)C[C@H]1OC(=O)C[C@H]1O. The maximum atomic E-state index is 10.9. The highest BCUT2D eigenvalue weighted by atomic mass is 16.6. The van der Waals surface area contributed by atoms with Crippen LogP contribution in [0.25, 0.3) is 0 Å². The number of carbonyl (C=O) groups excluding carboxylic acids is 2. The van der Waals surface area contributed by atoms with Crippen LogP contribution < -0.4 is 0 Å². The lowest BCUT2D eigenvalue weighted by atomic mass is 10.1. The molecule has 1 aliphatic heterocycles. The molecule has 0 aliphatic carbocycles. The summed E-state index contributed by atoms with van der Waals surface area (Å²) in [4.78, 5) is 21.6. The first-order valence-electron chi connectivity index (χ1n) is 4.16. The van der Waals surface area contributed by atoms with Gasteiger partial charge >= 0.3 is 11.9 Å². The molecule has 0 aromatic carbocycles. The highest BCUT2D eigenvalue weighted by molar-refractivity contribution is 5.75. The fraction of sp³-hybridized carbons (Fsp3) is 0.750. The molecule has 1 fully saturated rings. The largest absolute Gasteiger partial charge is 0.466 e. The molecule has 0 bridgehead atoms. The molecule has 0 saturated carbocycles. The van der Waals surface area contributed by atoms with Gasteiger partial charge in [0.15, 0.2) is 0 Å². The molecule has 1 saturated heterocycles. The third kappa shape index (κ3) is 2.69. The van der Waals surface area contributed by atoms with Crippen LogP contribution in [0.2, 0.25) is 0 Å². The van der Waals surface area contributed by atoms with Crippen LogP contribution >= 0.6 is 0 Å². The molecule has 1 aliphatic rings. The third-order valence-corrected chi connectivity index (χ3v) is 1.76. The molecule has 1 N–H and O–H groups in total. The summed E-state index contributed by atoms with van der Waals surface area (Å²) in [6, 6.07) is 0. The molecule has 74 valence electrons. The van der Waals surface area contributed by atoms with Crippen molar-refractivity contribution in [2.24, 2.45) is 0 Å². The standard InChI is InChI=1S/C8H12O5/c1-2-12-7(10)4-6-5(9)3-8(11)13-6/h5-6,9H,2-4H2,1H3/t5-,6-/m1/s1. The molecule has 0 unspecified atom stereocenters. The zero-order valence-electron chi connectivity index (χ0n) is 7.36. The van der Waals surface area contributed by atoms with Crippen LogP contribution in [0.4, 0.5) is 0 Å². The Balaban J connectivity index is 2.36. The van der Waals surface area contributed by atoms with Crippen molar-refractivity contribution in [1.29, 1.82) is 0 Å². The highest BCUT2D eigenvalue weighted by Gasteiger charge is 2.34. The van der Waals surface area contributed by atoms with Gasteiger partial charge < -0.3 is 14.6 Å². The molecule has 5 heteroatoms. The fourth-order valence-electron chi connectivity index (χ4n) is 1.16. The molecule has 0 spiro atoms. The molecule has 0 aromatic heterocycles. The van der Waals surface area contributed by atoms with Gasteiger partial charge in [-0.25, -0.2) is 0 Å². The molecule has 5 nitrogen and oxygen atoms in total. The predicted molar refractivity (Wildman–Crippen MR) is 41.8 cm³/mol. The van der Waals surface area contributed by atoms with Gasteiger partial charge in [-0.05, 0) is 6.92 Å². The van der Waals surface area contributed by atoms with Crippen molar-refractivity contribution in [2.45, 2.75) is 32.0 Å². The second kappa shape index (κ2) is 4.23. The van der Waals surface area contributed by atoms with Gasteiger partial charge in [-0.1, -0.05) is 0 Å². The van der Waals surface area contributed by atoms with Crippen LogP contribution in [0.1, 0.15) is 19.8 Å². The van der Waals surface area contributed by atoms with Gasteiger partial charge in [0.1, 0.15) is 12.2 Å². The van der Waals surface area contributed by atoms with E-state index in [-0.39, 0.29) is 19.4 Å². The predicted octanol–water partition coefficient (Wildman–Crippen LogP) is -0.384. The van der Waals surface area contributed by atoms with Gasteiger partial charge in [0.25, 0.3) is 0 Å². The minimum Gasteiger partial charge on any atom is -0.466 e. The molecule has 0 amide bonds. The number of aliphatic hydroxyl groups excluding tert-OH is 1. The van der Waals surface area contributed by atoms with Crippen LogP contribution in [-0.4, -0.2) is 35.9 Å².